The Kier molecular flexibility index (Phi) is 5.85. The third kappa shape index (κ3) is 4.60. The maximum absolute atomic E-state index is 10.8. The summed E-state index contributed by atoms with van der Waals surface area (Å²) in [7, 11) is 0. The monoisotopic (exact) mass is 395 g/mol. The van der Waals surface area contributed by atoms with Crippen LogP contribution in [-0.4, -0.2) is 18.7 Å². The molecule has 0 fully saturated rings. The van der Waals surface area contributed by atoms with E-state index in [1.807, 2.05) is 12.1 Å². The second kappa shape index (κ2) is 8.15. The normalized spacial score (nSPS) is 16.6. The van der Waals surface area contributed by atoms with Gasteiger partial charge < -0.3 is 10.5 Å². The van der Waals surface area contributed by atoms with E-state index in [0.717, 1.165) is 35.4 Å². The molecule has 5 nitrogen and oxygen atoms in total. The van der Waals surface area contributed by atoms with Gasteiger partial charge >= 0.3 is 0 Å². The van der Waals surface area contributed by atoms with Gasteiger partial charge in [0.2, 0.25) is 0 Å². The predicted molar refractivity (Wildman–Crippen MR) is 112 cm³/mol. The van der Waals surface area contributed by atoms with E-state index in [1.165, 1.54) is 10.4 Å². The van der Waals surface area contributed by atoms with E-state index in [2.05, 4.69) is 31.8 Å². The van der Waals surface area contributed by atoms with Crippen molar-refractivity contribution in [2.24, 2.45) is 22.1 Å². The first kappa shape index (κ1) is 20.1. The van der Waals surface area contributed by atoms with Gasteiger partial charge in [0.1, 0.15) is 16.8 Å². The Morgan fingerprint density at radius 1 is 1.39 bits per heavy atom. The lowest BCUT2D eigenvalue weighted by atomic mass is 9.72. The van der Waals surface area contributed by atoms with Crippen molar-refractivity contribution in [3.8, 4) is 11.8 Å². The number of rotatable bonds is 5. The lowest BCUT2D eigenvalue weighted by Gasteiger charge is -2.33. The molecule has 1 aliphatic carbocycles. The van der Waals surface area contributed by atoms with Gasteiger partial charge in [0, 0.05) is 11.1 Å². The van der Waals surface area contributed by atoms with Crippen molar-refractivity contribution < 1.29 is 9.53 Å². The van der Waals surface area contributed by atoms with E-state index in [4.69, 9.17) is 10.5 Å². The summed E-state index contributed by atoms with van der Waals surface area (Å²) in [5, 5.41) is 10.4. The van der Waals surface area contributed by atoms with Gasteiger partial charge in [-0.05, 0) is 66.0 Å². The smallest absolute Gasteiger partial charge is 0.255 e. The average molecular weight is 396 g/mol. The zero-order valence-electron chi connectivity index (χ0n) is 16.5. The van der Waals surface area contributed by atoms with Crippen LogP contribution in [-0.2, 0) is 17.6 Å². The third-order valence-corrected chi connectivity index (χ3v) is 6.34. The number of nitrogens with zero attached hydrogens (tertiary/aromatic N) is 2. The van der Waals surface area contributed by atoms with Gasteiger partial charge in [-0.25, -0.2) is 4.99 Å². The number of fused-ring (bicyclic) bond motifs is 1. The first-order chi connectivity index (χ1) is 13.3. The van der Waals surface area contributed by atoms with Crippen molar-refractivity contribution in [2.45, 2.75) is 40.0 Å². The van der Waals surface area contributed by atoms with Crippen LogP contribution in [0.3, 0.4) is 0 Å². The van der Waals surface area contributed by atoms with Crippen LogP contribution >= 0.6 is 11.3 Å². The summed E-state index contributed by atoms with van der Waals surface area (Å²) in [6, 6.07) is 9.61. The van der Waals surface area contributed by atoms with Crippen LogP contribution in [0.25, 0.3) is 0 Å². The second-order valence-electron chi connectivity index (χ2n) is 8.18. The quantitative estimate of drug-likeness (QED) is 0.762. The van der Waals surface area contributed by atoms with Crippen molar-refractivity contribution in [3.63, 3.8) is 0 Å². The maximum atomic E-state index is 10.8. The van der Waals surface area contributed by atoms with Crippen LogP contribution in [0.1, 0.15) is 48.8 Å². The molecule has 1 aliphatic rings. The topological polar surface area (TPSA) is 88.5 Å². The Hall–Kier alpha value is -2.65. The van der Waals surface area contributed by atoms with Gasteiger partial charge in [0.25, 0.3) is 5.91 Å². The predicted octanol–water partition coefficient (Wildman–Crippen LogP) is 4.39. The number of nitrogens with two attached hydrogens (primary N) is 1. The minimum atomic E-state index is -0.509. The van der Waals surface area contributed by atoms with Crippen molar-refractivity contribution in [3.05, 3.63) is 45.8 Å². The zero-order valence-corrected chi connectivity index (χ0v) is 17.3. The molecule has 1 aromatic carbocycles. The van der Waals surface area contributed by atoms with Crippen LogP contribution in [0.5, 0.6) is 5.75 Å². The Labute approximate surface area is 169 Å². The van der Waals surface area contributed by atoms with Gasteiger partial charge in [-0.1, -0.05) is 20.8 Å². The molecular weight excluding hydrogens is 370 g/mol. The first-order valence-electron chi connectivity index (χ1n) is 9.38. The fourth-order valence-corrected chi connectivity index (χ4v) is 4.68. The molecule has 2 N–H and O–H groups in total. The van der Waals surface area contributed by atoms with E-state index >= 15 is 0 Å². The molecule has 3 rings (SSSR count). The third-order valence-electron chi connectivity index (χ3n) is 5.18. The molecule has 0 radical (unpaired) electrons. The maximum Gasteiger partial charge on any atom is 0.255 e. The number of hydrogen-bond acceptors (Lipinski definition) is 5. The van der Waals surface area contributed by atoms with E-state index in [1.54, 1.807) is 29.7 Å². The molecule has 28 heavy (non-hydrogen) atoms. The molecule has 0 unspecified atom stereocenters. The SMILES string of the molecule is CC(C)(C)[C@H]1CCc2c(sc(N=Cc3ccc(OCC(N)=O)cc3)c2C#N)C1. The molecule has 1 aromatic heterocycles. The summed E-state index contributed by atoms with van der Waals surface area (Å²) in [6.45, 7) is 6.72. The number of hydrogen-bond donors (Lipinski definition) is 1. The summed E-state index contributed by atoms with van der Waals surface area (Å²) < 4.78 is 5.25. The molecule has 1 heterocycles. The molecule has 0 aliphatic heterocycles. The fourth-order valence-electron chi connectivity index (χ4n) is 3.45. The number of primary amides is 1. The highest BCUT2D eigenvalue weighted by molar-refractivity contribution is 7.16. The van der Waals surface area contributed by atoms with Gasteiger partial charge in [-0.2, -0.15) is 5.26 Å². The number of benzene rings is 1. The van der Waals surface area contributed by atoms with Gasteiger partial charge in [-0.3, -0.25) is 4.79 Å². The average Bonchev–Trinajstić information content (AvgIpc) is 3.01. The summed E-state index contributed by atoms with van der Waals surface area (Å²) in [4.78, 5) is 16.7. The van der Waals surface area contributed by atoms with Gasteiger partial charge in [0.05, 0.1) is 5.56 Å². The Balaban J connectivity index is 1.77. The van der Waals surface area contributed by atoms with E-state index in [0.29, 0.717) is 11.7 Å². The standard InChI is InChI=1S/C22H25N3O2S/c1-22(2,3)15-6-9-17-18(11-23)21(28-19(17)10-15)25-12-14-4-7-16(8-5-14)27-13-20(24)26/h4-5,7-8,12,15H,6,9-10,13H2,1-3H3,(H2,24,26)/t15-/m0/s1. The first-order valence-corrected chi connectivity index (χ1v) is 10.2. The number of carbonyl (C=O) groups is 1. The van der Waals surface area contributed by atoms with E-state index < -0.39 is 5.91 Å². The molecular formula is C22H25N3O2S. The highest BCUT2D eigenvalue weighted by atomic mass is 32.1. The number of nitriles is 1. The molecule has 0 spiro atoms. The van der Waals surface area contributed by atoms with Crippen LogP contribution in [0, 0.1) is 22.7 Å². The number of amides is 1. The Morgan fingerprint density at radius 3 is 2.71 bits per heavy atom. The molecule has 2 aromatic rings. The molecule has 6 heteroatoms. The Morgan fingerprint density at radius 2 is 2.11 bits per heavy atom. The lowest BCUT2D eigenvalue weighted by molar-refractivity contribution is -0.119. The number of ether oxygens (including phenoxy) is 1. The summed E-state index contributed by atoms with van der Waals surface area (Å²) >= 11 is 1.64. The minimum Gasteiger partial charge on any atom is -0.484 e. The summed E-state index contributed by atoms with van der Waals surface area (Å²) in [5.74, 6) is 0.702. The molecule has 146 valence electrons. The van der Waals surface area contributed by atoms with E-state index in [9.17, 15) is 10.1 Å². The lowest BCUT2D eigenvalue weighted by Crippen LogP contribution is -2.26. The van der Waals surface area contributed by atoms with Crippen molar-refractivity contribution in [2.75, 3.05) is 6.61 Å². The zero-order chi connectivity index (χ0) is 20.3. The van der Waals surface area contributed by atoms with Crippen LogP contribution in [0.4, 0.5) is 5.00 Å². The second-order valence-corrected chi connectivity index (χ2v) is 9.27. The minimum absolute atomic E-state index is 0.144. The molecule has 1 atom stereocenters. The van der Waals surface area contributed by atoms with Crippen molar-refractivity contribution >= 4 is 28.5 Å². The number of carbonyl (C=O) groups excluding carboxylic acids is 1. The molecule has 0 saturated carbocycles. The largest absolute Gasteiger partial charge is 0.484 e. The van der Waals surface area contributed by atoms with Crippen molar-refractivity contribution in [1.82, 2.24) is 0 Å². The van der Waals surface area contributed by atoms with Gasteiger partial charge in [-0.15, -0.1) is 11.3 Å². The molecule has 0 saturated heterocycles. The Bertz CT molecular complexity index is 930. The van der Waals surface area contributed by atoms with Crippen LogP contribution in [0.15, 0.2) is 29.3 Å². The summed E-state index contributed by atoms with van der Waals surface area (Å²) in [6.07, 6.45) is 4.87. The highest BCUT2D eigenvalue weighted by Gasteiger charge is 2.32. The van der Waals surface area contributed by atoms with Crippen LogP contribution in [0.2, 0.25) is 0 Å². The molecule has 0 bridgehead atoms. The summed E-state index contributed by atoms with van der Waals surface area (Å²) in [5.41, 5.74) is 8.16. The highest BCUT2D eigenvalue weighted by Crippen LogP contribution is 2.44. The van der Waals surface area contributed by atoms with E-state index in [-0.39, 0.29) is 12.0 Å². The molecule has 1 amide bonds. The number of thiophene rings is 1. The number of aliphatic imine (C=N–C) groups is 1. The van der Waals surface area contributed by atoms with Crippen molar-refractivity contribution in [1.29, 1.82) is 5.26 Å². The van der Waals surface area contributed by atoms with Crippen LogP contribution < -0.4 is 10.5 Å². The van der Waals surface area contributed by atoms with Gasteiger partial charge in [0.15, 0.2) is 6.61 Å². The fraction of sp³-hybridized carbons (Fsp3) is 0.409.